The summed E-state index contributed by atoms with van der Waals surface area (Å²) in [5.41, 5.74) is 0.271. The van der Waals surface area contributed by atoms with Gasteiger partial charge in [-0.3, -0.25) is 9.10 Å². The molecule has 0 bridgehead atoms. The molecule has 0 spiro atoms. The summed E-state index contributed by atoms with van der Waals surface area (Å²) >= 11 is 1.88. The Balaban J connectivity index is 2.10. The lowest BCUT2D eigenvalue weighted by atomic mass is 10.2. The Morgan fingerprint density at radius 3 is 2.54 bits per heavy atom. The number of nitrogens with one attached hydrogen (secondary N) is 1. The number of ether oxygens (including phenoxy) is 2. The van der Waals surface area contributed by atoms with Gasteiger partial charge in [-0.05, 0) is 31.9 Å². The first kappa shape index (κ1) is 22.7. The number of carbonyl (C=O) groups excluding carboxylic acids is 1. The number of methoxy groups -OCH3 is 2. The smallest absolute Gasteiger partial charge is 0.243 e. The Kier molecular flexibility index (Phi) is 8.30. The number of nitrogens with zero attached hydrogens (tertiary/aromatic N) is 1. The minimum Gasteiger partial charge on any atom is -0.497 e. The fourth-order valence-electron chi connectivity index (χ4n) is 3.35. The Hall–Kier alpha value is -1.61. The van der Waals surface area contributed by atoms with Crippen molar-refractivity contribution in [2.75, 3.05) is 37.1 Å². The molecule has 9 heteroatoms. The second kappa shape index (κ2) is 10.2. The van der Waals surface area contributed by atoms with Gasteiger partial charge in [0.1, 0.15) is 17.5 Å². The van der Waals surface area contributed by atoms with E-state index in [9.17, 15) is 13.2 Å². The van der Waals surface area contributed by atoms with Gasteiger partial charge in [0.15, 0.2) is 0 Å². The predicted molar refractivity (Wildman–Crippen MR) is 114 cm³/mol. The van der Waals surface area contributed by atoms with Crippen LogP contribution in [0.25, 0.3) is 0 Å². The number of hydrogen-bond acceptors (Lipinski definition) is 6. The molecule has 158 valence electrons. The highest BCUT2D eigenvalue weighted by Gasteiger charge is 2.31. The fourth-order valence-corrected chi connectivity index (χ4v) is 5.74. The van der Waals surface area contributed by atoms with E-state index in [1.807, 2.05) is 11.8 Å². The van der Waals surface area contributed by atoms with E-state index in [1.165, 1.54) is 39.9 Å². The van der Waals surface area contributed by atoms with Gasteiger partial charge in [0.2, 0.25) is 15.9 Å². The van der Waals surface area contributed by atoms with E-state index in [1.54, 1.807) is 25.1 Å². The molecule has 0 radical (unpaired) electrons. The summed E-state index contributed by atoms with van der Waals surface area (Å²) in [7, 11) is -0.782. The molecule has 0 heterocycles. The average molecular weight is 431 g/mol. The fraction of sp³-hybridized carbons (Fsp3) is 0.632. The zero-order valence-electron chi connectivity index (χ0n) is 16.9. The predicted octanol–water partition coefficient (Wildman–Crippen LogP) is 2.65. The van der Waals surface area contributed by atoms with Crippen LogP contribution in [0.5, 0.6) is 11.5 Å². The highest BCUT2D eigenvalue weighted by Crippen LogP contribution is 2.35. The third kappa shape index (κ3) is 5.94. The second-order valence-corrected chi connectivity index (χ2v) is 10.1. The van der Waals surface area contributed by atoms with E-state index in [0.717, 1.165) is 16.3 Å². The summed E-state index contributed by atoms with van der Waals surface area (Å²) in [5, 5.41) is 3.54. The standard InChI is InChI=1S/C19H30N2O5S2/c1-14(19(22)20-11-12-27-16-7-5-6-8-16)21(28(4,23)24)17-13-15(25-2)9-10-18(17)26-3/h9-10,13-14,16H,5-8,11-12H2,1-4H3,(H,20,22)/t14-/m0/s1. The molecule has 1 aromatic carbocycles. The molecule has 2 rings (SSSR count). The first-order chi connectivity index (χ1) is 13.3. The van der Waals surface area contributed by atoms with Gasteiger partial charge in [0.25, 0.3) is 0 Å². The van der Waals surface area contributed by atoms with Crippen molar-refractivity contribution in [1.29, 1.82) is 0 Å². The molecule has 1 aliphatic rings. The molecule has 0 aromatic heterocycles. The zero-order valence-corrected chi connectivity index (χ0v) is 18.6. The van der Waals surface area contributed by atoms with Crippen molar-refractivity contribution in [3.8, 4) is 11.5 Å². The van der Waals surface area contributed by atoms with Crippen LogP contribution in [0, 0.1) is 0 Å². The van der Waals surface area contributed by atoms with E-state index in [0.29, 0.717) is 23.3 Å². The van der Waals surface area contributed by atoms with Crippen LogP contribution in [0.1, 0.15) is 32.6 Å². The van der Waals surface area contributed by atoms with Crippen LogP contribution in [0.2, 0.25) is 0 Å². The Morgan fingerprint density at radius 2 is 1.96 bits per heavy atom. The van der Waals surface area contributed by atoms with Gasteiger partial charge >= 0.3 is 0 Å². The zero-order chi connectivity index (χ0) is 20.7. The number of hydrogen-bond donors (Lipinski definition) is 1. The molecule has 0 unspecified atom stereocenters. The van der Waals surface area contributed by atoms with Crippen LogP contribution in [0.4, 0.5) is 5.69 Å². The van der Waals surface area contributed by atoms with Gasteiger partial charge in [-0.1, -0.05) is 12.8 Å². The van der Waals surface area contributed by atoms with Crippen molar-refractivity contribution in [3.63, 3.8) is 0 Å². The highest BCUT2D eigenvalue weighted by molar-refractivity contribution is 7.99. The summed E-state index contributed by atoms with van der Waals surface area (Å²) in [5.74, 6) is 1.31. The monoisotopic (exact) mass is 430 g/mol. The molecule has 1 aliphatic carbocycles. The highest BCUT2D eigenvalue weighted by atomic mass is 32.2. The largest absolute Gasteiger partial charge is 0.497 e. The maximum Gasteiger partial charge on any atom is 0.243 e. The number of rotatable bonds is 10. The van der Waals surface area contributed by atoms with Crippen molar-refractivity contribution in [2.45, 2.75) is 43.9 Å². The summed E-state index contributed by atoms with van der Waals surface area (Å²) < 4.78 is 36.6. The van der Waals surface area contributed by atoms with Crippen LogP contribution in [-0.2, 0) is 14.8 Å². The lowest BCUT2D eigenvalue weighted by Crippen LogP contribution is -2.48. The van der Waals surface area contributed by atoms with Gasteiger partial charge in [0, 0.05) is 23.6 Å². The van der Waals surface area contributed by atoms with Gasteiger partial charge in [0.05, 0.1) is 26.2 Å². The summed E-state index contributed by atoms with van der Waals surface area (Å²) in [6.07, 6.45) is 6.13. The third-order valence-electron chi connectivity index (χ3n) is 4.77. The average Bonchev–Trinajstić information content (AvgIpc) is 3.17. The molecule has 1 amide bonds. The minimum atomic E-state index is -3.73. The molecule has 0 aliphatic heterocycles. The molecule has 1 N–H and O–H groups in total. The van der Waals surface area contributed by atoms with Crippen LogP contribution >= 0.6 is 11.8 Å². The first-order valence-corrected chi connectivity index (χ1v) is 12.3. The summed E-state index contributed by atoms with van der Waals surface area (Å²) in [6, 6.07) is 3.93. The summed E-state index contributed by atoms with van der Waals surface area (Å²) in [6.45, 7) is 2.08. The van der Waals surface area contributed by atoms with Gasteiger partial charge < -0.3 is 14.8 Å². The van der Waals surface area contributed by atoms with Gasteiger partial charge in [-0.2, -0.15) is 11.8 Å². The number of anilines is 1. The maximum atomic E-state index is 12.7. The minimum absolute atomic E-state index is 0.271. The molecule has 1 saturated carbocycles. The Labute approximate surface area is 172 Å². The van der Waals surface area contributed by atoms with Crippen molar-refractivity contribution in [3.05, 3.63) is 18.2 Å². The van der Waals surface area contributed by atoms with Crippen molar-refractivity contribution in [1.82, 2.24) is 5.32 Å². The molecular formula is C19H30N2O5S2. The number of amides is 1. The van der Waals surface area contributed by atoms with Gasteiger partial charge in [-0.15, -0.1) is 0 Å². The van der Waals surface area contributed by atoms with E-state index in [2.05, 4.69) is 5.32 Å². The number of benzene rings is 1. The number of carbonyl (C=O) groups is 1. The lowest BCUT2D eigenvalue weighted by Gasteiger charge is -2.29. The normalized spacial score (nSPS) is 15.9. The van der Waals surface area contributed by atoms with Crippen molar-refractivity contribution in [2.24, 2.45) is 0 Å². The van der Waals surface area contributed by atoms with E-state index in [-0.39, 0.29) is 11.6 Å². The molecule has 28 heavy (non-hydrogen) atoms. The quantitative estimate of drug-likeness (QED) is 0.575. The van der Waals surface area contributed by atoms with Crippen LogP contribution in [0.15, 0.2) is 18.2 Å². The van der Waals surface area contributed by atoms with E-state index in [4.69, 9.17) is 9.47 Å². The molecule has 0 saturated heterocycles. The summed E-state index contributed by atoms with van der Waals surface area (Å²) in [4.78, 5) is 12.7. The lowest BCUT2D eigenvalue weighted by molar-refractivity contribution is -0.121. The molecule has 1 aromatic rings. The first-order valence-electron chi connectivity index (χ1n) is 9.38. The maximum absolute atomic E-state index is 12.7. The topological polar surface area (TPSA) is 84.9 Å². The van der Waals surface area contributed by atoms with Gasteiger partial charge in [-0.25, -0.2) is 8.42 Å². The van der Waals surface area contributed by atoms with Crippen molar-refractivity contribution < 1.29 is 22.7 Å². The van der Waals surface area contributed by atoms with Crippen LogP contribution in [0.3, 0.4) is 0 Å². The molecule has 7 nitrogen and oxygen atoms in total. The second-order valence-electron chi connectivity index (χ2n) is 6.84. The Morgan fingerprint density at radius 1 is 1.29 bits per heavy atom. The number of sulfonamides is 1. The Bertz CT molecular complexity index is 764. The van der Waals surface area contributed by atoms with E-state index >= 15 is 0 Å². The molecular weight excluding hydrogens is 400 g/mol. The number of thioether (sulfide) groups is 1. The molecule has 1 fully saturated rings. The third-order valence-corrected chi connectivity index (χ3v) is 7.38. The SMILES string of the molecule is COc1ccc(OC)c(N([C@@H](C)C(=O)NCCSC2CCCC2)S(C)(=O)=O)c1. The van der Waals surface area contributed by atoms with Crippen molar-refractivity contribution >= 4 is 33.4 Å². The van der Waals surface area contributed by atoms with E-state index < -0.39 is 16.1 Å². The molecule has 1 atom stereocenters. The van der Waals surface area contributed by atoms with Crippen LogP contribution < -0.4 is 19.1 Å². The van der Waals surface area contributed by atoms with Crippen LogP contribution in [-0.4, -0.2) is 58.4 Å².